The van der Waals surface area contributed by atoms with Gasteiger partial charge in [0, 0.05) is 12.5 Å². The minimum absolute atomic E-state index is 0.313. The van der Waals surface area contributed by atoms with Crippen molar-refractivity contribution in [1.29, 1.82) is 0 Å². The lowest BCUT2D eigenvalue weighted by atomic mass is 10.2. The van der Waals surface area contributed by atoms with E-state index in [0.29, 0.717) is 22.5 Å². The Kier molecular flexibility index (Phi) is 4.32. The molecule has 2 aromatic rings. The van der Waals surface area contributed by atoms with Crippen LogP contribution in [-0.2, 0) is 6.42 Å². The zero-order valence-corrected chi connectivity index (χ0v) is 11.6. The van der Waals surface area contributed by atoms with Crippen LogP contribution in [0.25, 0.3) is 0 Å². The van der Waals surface area contributed by atoms with Gasteiger partial charge in [0.2, 0.25) is 0 Å². The minimum atomic E-state index is -0.313. The van der Waals surface area contributed by atoms with Crippen LogP contribution < -0.4 is 5.32 Å². The van der Waals surface area contributed by atoms with Crippen LogP contribution in [-0.4, -0.2) is 9.97 Å². The van der Waals surface area contributed by atoms with Crippen LogP contribution in [0.3, 0.4) is 0 Å². The molecule has 0 unspecified atom stereocenters. The van der Waals surface area contributed by atoms with Crippen LogP contribution in [0.1, 0.15) is 24.7 Å². The molecule has 0 amide bonds. The van der Waals surface area contributed by atoms with E-state index in [1.165, 1.54) is 6.07 Å². The number of hydrogen-bond acceptors (Lipinski definition) is 3. The molecule has 1 aromatic carbocycles. The Morgan fingerprint density at radius 2 is 2.11 bits per heavy atom. The Labute approximate surface area is 116 Å². The van der Waals surface area contributed by atoms with E-state index in [2.05, 4.69) is 15.3 Å². The second-order valence-corrected chi connectivity index (χ2v) is 4.69. The summed E-state index contributed by atoms with van der Waals surface area (Å²) in [6, 6.07) is 6.50. The van der Waals surface area contributed by atoms with Crippen molar-refractivity contribution in [2.75, 3.05) is 5.32 Å². The zero-order chi connectivity index (χ0) is 13.8. The van der Waals surface area contributed by atoms with Gasteiger partial charge in [0.25, 0.3) is 0 Å². The Balaban J connectivity index is 2.33. The monoisotopic (exact) mass is 279 g/mol. The van der Waals surface area contributed by atoms with Crippen LogP contribution in [0.5, 0.6) is 0 Å². The quantitative estimate of drug-likeness (QED) is 0.849. The number of hydrogen-bond donors (Lipinski definition) is 1. The van der Waals surface area contributed by atoms with Crippen molar-refractivity contribution in [3.63, 3.8) is 0 Å². The van der Waals surface area contributed by atoms with Crippen LogP contribution in [0, 0.1) is 12.7 Å². The van der Waals surface area contributed by atoms with Gasteiger partial charge in [-0.3, -0.25) is 0 Å². The van der Waals surface area contributed by atoms with Crippen molar-refractivity contribution in [3.05, 3.63) is 46.6 Å². The number of para-hydroxylation sites is 1. The summed E-state index contributed by atoms with van der Waals surface area (Å²) in [4.78, 5) is 8.46. The fourth-order valence-electron chi connectivity index (χ4n) is 1.78. The molecule has 0 aliphatic heterocycles. The number of aromatic nitrogens is 2. The molecule has 0 radical (unpaired) electrons. The van der Waals surface area contributed by atoms with Crippen molar-refractivity contribution in [1.82, 2.24) is 9.97 Å². The van der Waals surface area contributed by atoms with Gasteiger partial charge in [0.1, 0.15) is 22.6 Å². The van der Waals surface area contributed by atoms with E-state index in [9.17, 15) is 4.39 Å². The van der Waals surface area contributed by atoms with Gasteiger partial charge in [-0.25, -0.2) is 14.4 Å². The van der Waals surface area contributed by atoms with E-state index >= 15 is 0 Å². The third kappa shape index (κ3) is 3.41. The standard InChI is InChI=1S/C14H15ClFN3/c1-3-5-12-17-11(15)8-13(18-12)19-14-9(2)6-4-7-10(14)16/h4,6-8H,3,5H2,1-2H3,(H,17,18,19). The van der Waals surface area contributed by atoms with Gasteiger partial charge in [-0.1, -0.05) is 30.7 Å². The molecule has 1 aromatic heterocycles. The molecule has 0 spiro atoms. The Morgan fingerprint density at radius 3 is 2.79 bits per heavy atom. The molecule has 0 fully saturated rings. The second kappa shape index (κ2) is 5.97. The SMILES string of the molecule is CCCc1nc(Cl)cc(Nc2c(C)cccc2F)n1. The maximum Gasteiger partial charge on any atom is 0.146 e. The molecule has 100 valence electrons. The molecule has 5 heteroatoms. The second-order valence-electron chi connectivity index (χ2n) is 4.30. The highest BCUT2D eigenvalue weighted by Crippen LogP contribution is 2.23. The largest absolute Gasteiger partial charge is 0.337 e. The molecule has 0 bridgehead atoms. The van der Waals surface area contributed by atoms with E-state index in [4.69, 9.17) is 11.6 Å². The van der Waals surface area contributed by atoms with E-state index in [1.54, 1.807) is 12.1 Å². The van der Waals surface area contributed by atoms with Gasteiger partial charge in [-0.15, -0.1) is 0 Å². The zero-order valence-electron chi connectivity index (χ0n) is 10.9. The molecular weight excluding hydrogens is 265 g/mol. The van der Waals surface area contributed by atoms with E-state index in [0.717, 1.165) is 18.4 Å². The molecule has 2 rings (SSSR count). The first kappa shape index (κ1) is 13.7. The fourth-order valence-corrected chi connectivity index (χ4v) is 1.98. The molecule has 19 heavy (non-hydrogen) atoms. The first-order chi connectivity index (χ1) is 9.10. The van der Waals surface area contributed by atoms with Crippen LogP contribution in [0.15, 0.2) is 24.3 Å². The van der Waals surface area contributed by atoms with Gasteiger partial charge in [0.15, 0.2) is 0 Å². The third-order valence-electron chi connectivity index (χ3n) is 2.69. The predicted molar refractivity (Wildman–Crippen MR) is 75.5 cm³/mol. The molecule has 1 heterocycles. The number of rotatable bonds is 4. The van der Waals surface area contributed by atoms with Crippen molar-refractivity contribution in [3.8, 4) is 0 Å². The van der Waals surface area contributed by atoms with Crippen LogP contribution in [0.2, 0.25) is 5.15 Å². The average Bonchev–Trinajstić information content (AvgIpc) is 2.34. The number of benzene rings is 1. The number of nitrogens with one attached hydrogen (secondary N) is 1. The summed E-state index contributed by atoms with van der Waals surface area (Å²) < 4.78 is 13.7. The Morgan fingerprint density at radius 1 is 1.32 bits per heavy atom. The highest BCUT2D eigenvalue weighted by atomic mass is 35.5. The highest BCUT2D eigenvalue weighted by molar-refractivity contribution is 6.29. The highest BCUT2D eigenvalue weighted by Gasteiger charge is 2.08. The number of aryl methyl sites for hydroxylation is 2. The summed E-state index contributed by atoms with van der Waals surface area (Å²) in [7, 11) is 0. The molecule has 0 saturated carbocycles. The maximum atomic E-state index is 13.7. The van der Waals surface area contributed by atoms with Gasteiger partial charge >= 0.3 is 0 Å². The Bertz CT molecular complexity index is 567. The van der Waals surface area contributed by atoms with E-state index in [1.807, 2.05) is 19.9 Å². The summed E-state index contributed by atoms with van der Waals surface area (Å²) in [5.41, 5.74) is 1.23. The fraction of sp³-hybridized carbons (Fsp3) is 0.286. The molecule has 0 aliphatic rings. The summed E-state index contributed by atoms with van der Waals surface area (Å²) in [5.74, 6) is 0.856. The first-order valence-electron chi connectivity index (χ1n) is 6.15. The van der Waals surface area contributed by atoms with Crippen molar-refractivity contribution >= 4 is 23.1 Å². The van der Waals surface area contributed by atoms with E-state index in [-0.39, 0.29) is 5.82 Å². The molecule has 1 N–H and O–H groups in total. The summed E-state index contributed by atoms with van der Waals surface area (Å²) in [6.45, 7) is 3.87. The minimum Gasteiger partial charge on any atom is -0.337 e. The molecule has 0 aliphatic carbocycles. The van der Waals surface area contributed by atoms with Crippen molar-refractivity contribution in [2.45, 2.75) is 26.7 Å². The lowest BCUT2D eigenvalue weighted by molar-refractivity contribution is 0.630. The van der Waals surface area contributed by atoms with Crippen molar-refractivity contribution in [2.24, 2.45) is 0 Å². The van der Waals surface area contributed by atoms with Gasteiger partial charge in [-0.2, -0.15) is 0 Å². The van der Waals surface area contributed by atoms with E-state index < -0.39 is 0 Å². The molecule has 0 atom stereocenters. The summed E-state index contributed by atoms with van der Waals surface area (Å²) >= 11 is 5.95. The molecule has 0 saturated heterocycles. The van der Waals surface area contributed by atoms with Gasteiger partial charge in [0.05, 0.1) is 5.69 Å². The van der Waals surface area contributed by atoms with Crippen LogP contribution in [0.4, 0.5) is 15.9 Å². The lowest BCUT2D eigenvalue weighted by Gasteiger charge is -2.11. The number of anilines is 2. The maximum absolute atomic E-state index is 13.7. The smallest absolute Gasteiger partial charge is 0.146 e. The summed E-state index contributed by atoms with van der Waals surface area (Å²) in [5, 5.41) is 3.33. The third-order valence-corrected chi connectivity index (χ3v) is 2.88. The Hall–Kier alpha value is -1.68. The van der Waals surface area contributed by atoms with Crippen LogP contribution >= 0.6 is 11.6 Å². The van der Waals surface area contributed by atoms with Gasteiger partial charge < -0.3 is 5.32 Å². The van der Waals surface area contributed by atoms with Crippen molar-refractivity contribution < 1.29 is 4.39 Å². The average molecular weight is 280 g/mol. The summed E-state index contributed by atoms with van der Waals surface area (Å²) in [6.07, 6.45) is 1.67. The number of nitrogens with zero attached hydrogens (tertiary/aromatic N) is 2. The lowest BCUT2D eigenvalue weighted by Crippen LogP contribution is -2.02. The topological polar surface area (TPSA) is 37.8 Å². The predicted octanol–water partition coefficient (Wildman–Crippen LogP) is 4.27. The molecule has 3 nitrogen and oxygen atoms in total. The number of halogens is 2. The normalized spacial score (nSPS) is 10.5. The van der Waals surface area contributed by atoms with Gasteiger partial charge in [-0.05, 0) is 25.0 Å². The first-order valence-corrected chi connectivity index (χ1v) is 6.53. The molecular formula is C14H15ClFN3.